The van der Waals surface area contributed by atoms with Gasteiger partial charge in [0.15, 0.2) is 0 Å². The second kappa shape index (κ2) is 5.56. The number of amidine groups is 1. The molecule has 2 unspecified atom stereocenters. The summed E-state index contributed by atoms with van der Waals surface area (Å²) >= 11 is 0. The fourth-order valence-corrected chi connectivity index (χ4v) is 3.83. The maximum Gasteiger partial charge on any atom is 0.129 e. The van der Waals surface area contributed by atoms with E-state index in [4.69, 9.17) is 16.1 Å². The van der Waals surface area contributed by atoms with Crippen molar-refractivity contribution in [2.24, 2.45) is 16.6 Å². The molecule has 0 spiro atoms. The number of aliphatic imine (C=N–C) groups is 1. The summed E-state index contributed by atoms with van der Waals surface area (Å²) in [5.74, 6) is 1.07. The summed E-state index contributed by atoms with van der Waals surface area (Å²) in [4.78, 5) is 7.16. The number of fused-ring (bicyclic) bond motifs is 1. The van der Waals surface area contributed by atoms with Crippen molar-refractivity contribution in [1.82, 2.24) is 10.2 Å². The fourth-order valence-electron chi connectivity index (χ4n) is 3.83. The first kappa shape index (κ1) is 13.6. The Morgan fingerprint density at radius 3 is 2.70 bits per heavy atom. The van der Waals surface area contributed by atoms with E-state index in [0.717, 1.165) is 38.2 Å². The van der Waals surface area contributed by atoms with Crippen LogP contribution in [0.3, 0.4) is 0 Å². The Hall–Kier alpha value is -1.36. The summed E-state index contributed by atoms with van der Waals surface area (Å²) in [5.41, 5.74) is 8.98. The van der Waals surface area contributed by atoms with Gasteiger partial charge in [-0.05, 0) is 19.8 Å². The highest BCUT2D eigenvalue weighted by molar-refractivity contribution is 6.22. The lowest BCUT2D eigenvalue weighted by Gasteiger charge is -2.43. The van der Waals surface area contributed by atoms with E-state index in [-0.39, 0.29) is 0 Å². The van der Waals surface area contributed by atoms with Gasteiger partial charge in [-0.1, -0.05) is 12.8 Å². The molecule has 0 aromatic rings. The zero-order chi connectivity index (χ0) is 14.1. The normalized spacial score (nSPS) is 30.9. The van der Waals surface area contributed by atoms with E-state index in [9.17, 15) is 0 Å². The SMILES string of the molecule is CC(=N)C1=C(N2CCNCC2)C2CCCCC2N=C1N. The van der Waals surface area contributed by atoms with Crippen LogP contribution in [0.2, 0.25) is 0 Å². The van der Waals surface area contributed by atoms with Crippen LogP contribution in [0.5, 0.6) is 0 Å². The number of rotatable bonds is 2. The minimum atomic E-state index is 0.344. The van der Waals surface area contributed by atoms with Gasteiger partial charge in [0.2, 0.25) is 0 Å². The van der Waals surface area contributed by atoms with Crippen molar-refractivity contribution >= 4 is 11.5 Å². The number of dihydropyridines is 1. The first-order valence-corrected chi connectivity index (χ1v) is 7.77. The first-order chi connectivity index (χ1) is 9.68. The van der Waals surface area contributed by atoms with Crippen LogP contribution < -0.4 is 11.1 Å². The highest BCUT2D eigenvalue weighted by Crippen LogP contribution is 2.38. The third kappa shape index (κ3) is 2.35. The minimum Gasteiger partial charge on any atom is -0.383 e. The Balaban J connectivity index is 2.01. The minimum absolute atomic E-state index is 0.344. The van der Waals surface area contributed by atoms with Crippen LogP contribution in [0.25, 0.3) is 0 Å². The lowest BCUT2D eigenvalue weighted by Crippen LogP contribution is -2.49. The van der Waals surface area contributed by atoms with Crippen molar-refractivity contribution in [3.8, 4) is 0 Å². The molecule has 0 aromatic heterocycles. The molecule has 0 amide bonds. The number of nitrogens with one attached hydrogen (secondary N) is 2. The van der Waals surface area contributed by atoms with Crippen LogP contribution in [0.1, 0.15) is 32.6 Å². The third-order valence-electron chi connectivity index (χ3n) is 4.73. The maximum atomic E-state index is 8.11. The van der Waals surface area contributed by atoms with Gasteiger partial charge in [-0.15, -0.1) is 0 Å². The van der Waals surface area contributed by atoms with Crippen LogP contribution >= 0.6 is 0 Å². The number of piperazine rings is 1. The number of nitrogens with zero attached hydrogens (tertiary/aromatic N) is 2. The predicted molar refractivity (Wildman–Crippen MR) is 82.2 cm³/mol. The van der Waals surface area contributed by atoms with Crippen LogP contribution in [0.15, 0.2) is 16.3 Å². The molecular formula is C15H25N5. The van der Waals surface area contributed by atoms with Crippen molar-refractivity contribution in [1.29, 1.82) is 5.41 Å². The summed E-state index contributed by atoms with van der Waals surface area (Å²) in [7, 11) is 0. The molecule has 5 heteroatoms. The number of hydrogen-bond donors (Lipinski definition) is 3. The summed E-state index contributed by atoms with van der Waals surface area (Å²) in [5, 5.41) is 11.5. The Kier molecular flexibility index (Phi) is 3.78. The number of nitrogens with two attached hydrogens (primary N) is 1. The van der Waals surface area contributed by atoms with Crippen molar-refractivity contribution in [3.05, 3.63) is 11.3 Å². The summed E-state index contributed by atoms with van der Waals surface area (Å²) in [6.45, 7) is 5.90. The molecule has 3 rings (SSSR count). The van der Waals surface area contributed by atoms with Gasteiger partial charge in [0, 0.05) is 43.5 Å². The Bertz CT molecular complexity index is 459. The fraction of sp³-hybridized carbons (Fsp3) is 0.733. The summed E-state index contributed by atoms with van der Waals surface area (Å²) < 4.78 is 0. The Morgan fingerprint density at radius 1 is 1.30 bits per heavy atom. The quantitative estimate of drug-likeness (QED) is 0.661. The highest BCUT2D eigenvalue weighted by atomic mass is 15.2. The van der Waals surface area contributed by atoms with Gasteiger partial charge >= 0.3 is 0 Å². The standard InChI is InChI=1S/C15H25N5/c1-10(16)13-14(20-8-6-18-7-9-20)11-4-2-3-5-12(11)19-15(13)17/h11-12,16,18H,2-9H2,1H3,(H2,17,19). The van der Waals surface area contributed by atoms with E-state index in [1.807, 2.05) is 6.92 Å². The molecule has 2 heterocycles. The highest BCUT2D eigenvalue weighted by Gasteiger charge is 2.37. The van der Waals surface area contributed by atoms with E-state index < -0.39 is 0 Å². The summed E-state index contributed by atoms with van der Waals surface area (Å²) in [6, 6.07) is 0.344. The van der Waals surface area contributed by atoms with Gasteiger partial charge in [0.1, 0.15) is 5.84 Å². The molecule has 3 aliphatic rings. The first-order valence-electron chi connectivity index (χ1n) is 7.77. The van der Waals surface area contributed by atoms with Gasteiger partial charge < -0.3 is 21.4 Å². The molecule has 2 aliphatic heterocycles. The average molecular weight is 275 g/mol. The molecule has 2 atom stereocenters. The molecule has 4 N–H and O–H groups in total. The average Bonchev–Trinajstić information content (AvgIpc) is 2.46. The van der Waals surface area contributed by atoms with E-state index in [1.54, 1.807) is 0 Å². The zero-order valence-corrected chi connectivity index (χ0v) is 12.3. The van der Waals surface area contributed by atoms with E-state index in [1.165, 1.54) is 25.0 Å². The molecule has 0 bridgehead atoms. The van der Waals surface area contributed by atoms with E-state index in [2.05, 4.69) is 10.2 Å². The molecule has 20 heavy (non-hydrogen) atoms. The van der Waals surface area contributed by atoms with Crippen molar-refractivity contribution in [3.63, 3.8) is 0 Å². The molecule has 110 valence electrons. The molecule has 0 aromatic carbocycles. The molecule has 5 nitrogen and oxygen atoms in total. The molecular weight excluding hydrogens is 250 g/mol. The van der Waals surface area contributed by atoms with Crippen molar-refractivity contribution in [2.75, 3.05) is 26.2 Å². The van der Waals surface area contributed by atoms with Gasteiger partial charge in [0.05, 0.1) is 11.6 Å². The molecule has 2 fully saturated rings. The Labute approximate surface area is 120 Å². The van der Waals surface area contributed by atoms with Gasteiger partial charge in [0.25, 0.3) is 0 Å². The van der Waals surface area contributed by atoms with Gasteiger partial charge in [-0.2, -0.15) is 0 Å². The monoisotopic (exact) mass is 275 g/mol. The van der Waals surface area contributed by atoms with Crippen LogP contribution in [0.4, 0.5) is 0 Å². The largest absolute Gasteiger partial charge is 0.383 e. The van der Waals surface area contributed by atoms with E-state index >= 15 is 0 Å². The predicted octanol–water partition coefficient (Wildman–Crippen LogP) is 1.11. The van der Waals surface area contributed by atoms with Crippen LogP contribution in [-0.2, 0) is 0 Å². The van der Waals surface area contributed by atoms with Crippen LogP contribution in [-0.4, -0.2) is 48.7 Å². The lowest BCUT2D eigenvalue weighted by molar-refractivity contribution is 0.225. The second-order valence-electron chi connectivity index (χ2n) is 6.09. The molecule has 0 radical (unpaired) electrons. The Morgan fingerprint density at radius 2 is 2.00 bits per heavy atom. The van der Waals surface area contributed by atoms with E-state index in [0.29, 0.717) is 23.5 Å². The van der Waals surface area contributed by atoms with Crippen LogP contribution in [0, 0.1) is 11.3 Å². The maximum absolute atomic E-state index is 8.11. The third-order valence-corrected chi connectivity index (χ3v) is 4.73. The van der Waals surface area contributed by atoms with Gasteiger partial charge in [-0.25, -0.2) is 0 Å². The smallest absolute Gasteiger partial charge is 0.129 e. The molecule has 1 saturated heterocycles. The molecule has 1 aliphatic carbocycles. The molecule has 1 saturated carbocycles. The topological polar surface area (TPSA) is 77.5 Å². The van der Waals surface area contributed by atoms with Gasteiger partial charge in [-0.3, -0.25) is 4.99 Å². The number of hydrogen-bond acceptors (Lipinski definition) is 5. The summed E-state index contributed by atoms with van der Waals surface area (Å²) in [6.07, 6.45) is 4.87. The van der Waals surface area contributed by atoms with Crippen molar-refractivity contribution < 1.29 is 0 Å². The lowest BCUT2D eigenvalue weighted by atomic mass is 9.78. The zero-order valence-electron chi connectivity index (χ0n) is 12.3. The van der Waals surface area contributed by atoms with Crippen molar-refractivity contribution in [2.45, 2.75) is 38.6 Å². The second-order valence-corrected chi connectivity index (χ2v) is 6.09.